The summed E-state index contributed by atoms with van der Waals surface area (Å²) in [4.78, 5) is 12.4. The zero-order chi connectivity index (χ0) is 20.4. The molecule has 1 aromatic heterocycles. The predicted octanol–water partition coefficient (Wildman–Crippen LogP) is 5.76. The van der Waals surface area contributed by atoms with Crippen LogP contribution in [0.25, 0.3) is 10.9 Å². The lowest BCUT2D eigenvalue weighted by Crippen LogP contribution is -2.21. The molecule has 6 heteroatoms. The van der Waals surface area contributed by atoms with Gasteiger partial charge in [0.2, 0.25) is 5.91 Å². The van der Waals surface area contributed by atoms with Gasteiger partial charge in [0.25, 0.3) is 0 Å². The topological polar surface area (TPSA) is 46.4 Å². The van der Waals surface area contributed by atoms with E-state index in [2.05, 4.69) is 39.4 Å². The first-order valence-electron chi connectivity index (χ1n) is 9.92. The van der Waals surface area contributed by atoms with E-state index in [1.807, 2.05) is 13.0 Å². The maximum atomic E-state index is 12.4. The first-order valence-corrected chi connectivity index (χ1v) is 10.7. The van der Waals surface area contributed by atoms with Gasteiger partial charge in [0.1, 0.15) is 0 Å². The third kappa shape index (κ3) is 4.19. The smallest absolute Gasteiger partial charge is 0.241 e. The van der Waals surface area contributed by atoms with Gasteiger partial charge >= 0.3 is 0 Å². The van der Waals surface area contributed by atoms with Crippen LogP contribution in [0.1, 0.15) is 43.0 Å². The van der Waals surface area contributed by atoms with Crippen LogP contribution in [0.4, 0.5) is 0 Å². The molecule has 1 aliphatic rings. The number of halogens is 2. The second kappa shape index (κ2) is 8.60. The van der Waals surface area contributed by atoms with Gasteiger partial charge in [0, 0.05) is 29.6 Å². The van der Waals surface area contributed by atoms with E-state index in [-0.39, 0.29) is 5.91 Å². The van der Waals surface area contributed by atoms with Gasteiger partial charge in [-0.25, -0.2) is 5.43 Å². The van der Waals surface area contributed by atoms with E-state index in [0.29, 0.717) is 28.7 Å². The van der Waals surface area contributed by atoms with Crippen LogP contribution in [-0.4, -0.2) is 16.2 Å². The molecule has 0 spiro atoms. The standard InChI is InChI=1S/C23H23Cl2N3O/c1-15(16-10-11-19(24)20(25)14-16)26-27-23(29)12-13-28-21-8-4-2-6-17(21)18-7-3-5-9-22(18)28/h2,4,6,8,10-11,14H,3,5,7,9,12-13H2,1H3,(H,27,29). The number of aromatic nitrogens is 1. The Kier molecular flexibility index (Phi) is 5.93. The van der Waals surface area contributed by atoms with Crippen LogP contribution in [-0.2, 0) is 24.2 Å². The van der Waals surface area contributed by atoms with Crippen LogP contribution >= 0.6 is 23.2 Å². The average Bonchev–Trinajstić information content (AvgIpc) is 3.06. The minimum Gasteiger partial charge on any atom is -0.344 e. The molecule has 1 heterocycles. The largest absolute Gasteiger partial charge is 0.344 e. The highest BCUT2D eigenvalue weighted by molar-refractivity contribution is 6.42. The van der Waals surface area contributed by atoms with E-state index in [1.54, 1.807) is 12.1 Å². The molecule has 150 valence electrons. The number of amides is 1. The fourth-order valence-corrected chi connectivity index (χ4v) is 4.34. The Labute approximate surface area is 180 Å². The molecule has 3 aromatic rings. The summed E-state index contributed by atoms with van der Waals surface area (Å²) in [5.41, 5.74) is 8.24. The monoisotopic (exact) mass is 427 g/mol. The van der Waals surface area contributed by atoms with E-state index in [9.17, 15) is 4.79 Å². The molecule has 0 radical (unpaired) electrons. The second-order valence-electron chi connectivity index (χ2n) is 7.41. The summed E-state index contributed by atoms with van der Waals surface area (Å²) >= 11 is 12.0. The fraction of sp³-hybridized carbons (Fsp3) is 0.304. The van der Waals surface area contributed by atoms with E-state index in [4.69, 9.17) is 23.2 Å². The van der Waals surface area contributed by atoms with Gasteiger partial charge in [-0.3, -0.25) is 4.79 Å². The van der Waals surface area contributed by atoms with Crippen LogP contribution in [0.15, 0.2) is 47.6 Å². The van der Waals surface area contributed by atoms with Gasteiger partial charge in [0.15, 0.2) is 0 Å². The molecule has 0 saturated carbocycles. The van der Waals surface area contributed by atoms with Gasteiger partial charge in [-0.2, -0.15) is 5.10 Å². The van der Waals surface area contributed by atoms with Gasteiger partial charge in [-0.05, 0) is 61.9 Å². The third-order valence-electron chi connectivity index (χ3n) is 5.53. The quantitative estimate of drug-likeness (QED) is 0.408. The van der Waals surface area contributed by atoms with E-state index < -0.39 is 0 Å². The van der Waals surface area contributed by atoms with Crippen molar-refractivity contribution in [3.63, 3.8) is 0 Å². The number of aryl methyl sites for hydroxylation is 2. The molecule has 1 aliphatic carbocycles. The van der Waals surface area contributed by atoms with Crippen molar-refractivity contribution in [1.82, 2.24) is 9.99 Å². The SMILES string of the molecule is CC(=NNC(=O)CCn1c2c(c3ccccc31)CCCC2)c1ccc(Cl)c(Cl)c1. The second-order valence-corrected chi connectivity index (χ2v) is 8.23. The molecule has 0 unspecified atom stereocenters. The number of hydrogen-bond donors (Lipinski definition) is 1. The highest BCUT2D eigenvalue weighted by Gasteiger charge is 2.19. The number of hydrazone groups is 1. The Hall–Kier alpha value is -2.30. The fourth-order valence-electron chi connectivity index (χ4n) is 4.04. The predicted molar refractivity (Wildman–Crippen MR) is 120 cm³/mol. The molecular formula is C23H23Cl2N3O. The highest BCUT2D eigenvalue weighted by atomic mass is 35.5. The first kappa shape index (κ1) is 20.0. The number of rotatable bonds is 5. The maximum absolute atomic E-state index is 12.4. The summed E-state index contributed by atoms with van der Waals surface area (Å²) in [5, 5.41) is 6.51. The van der Waals surface area contributed by atoms with Crippen molar-refractivity contribution >= 4 is 45.7 Å². The van der Waals surface area contributed by atoms with Crippen LogP contribution < -0.4 is 5.43 Å². The Morgan fingerprint density at radius 2 is 1.90 bits per heavy atom. The number of benzene rings is 2. The van der Waals surface area contributed by atoms with E-state index in [1.165, 1.54) is 35.0 Å². The van der Waals surface area contributed by atoms with Crippen molar-refractivity contribution in [3.8, 4) is 0 Å². The lowest BCUT2D eigenvalue weighted by Gasteiger charge is -2.15. The number of hydrogen-bond acceptors (Lipinski definition) is 2. The number of carbonyl (C=O) groups is 1. The zero-order valence-electron chi connectivity index (χ0n) is 16.3. The molecule has 0 atom stereocenters. The van der Waals surface area contributed by atoms with Crippen LogP contribution in [0.2, 0.25) is 10.0 Å². The minimum atomic E-state index is -0.105. The summed E-state index contributed by atoms with van der Waals surface area (Å²) < 4.78 is 2.32. The van der Waals surface area contributed by atoms with Gasteiger partial charge in [-0.1, -0.05) is 47.5 Å². The zero-order valence-corrected chi connectivity index (χ0v) is 17.9. The molecule has 2 aromatic carbocycles. The van der Waals surface area contributed by atoms with Crippen molar-refractivity contribution in [2.75, 3.05) is 0 Å². The first-order chi connectivity index (χ1) is 14.0. The van der Waals surface area contributed by atoms with Crippen LogP contribution in [0, 0.1) is 0 Å². The summed E-state index contributed by atoms with van der Waals surface area (Å²) in [7, 11) is 0. The Morgan fingerprint density at radius 1 is 1.10 bits per heavy atom. The average molecular weight is 428 g/mol. The number of nitrogens with one attached hydrogen (secondary N) is 1. The molecule has 29 heavy (non-hydrogen) atoms. The Balaban J connectivity index is 1.46. The summed E-state index contributed by atoms with van der Waals surface area (Å²) in [6.45, 7) is 2.48. The molecule has 4 rings (SSSR count). The van der Waals surface area contributed by atoms with E-state index >= 15 is 0 Å². The lowest BCUT2D eigenvalue weighted by molar-refractivity contribution is -0.121. The van der Waals surface area contributed by atoms with Crippen molar-refractivity contribution in [3.05, 3.63) is 69.3 Å². The molecule has 4 nitrogen and oxygen atoms in total. The van der Waals surface area contributed by atoms with Crippen molar-refractivity contribution < 1.29 is 4.79 Å². The highest BCUT2D eigenvalue weighted by Crippen LogP contribution is 2.32. The molecular weight excluding hydrogens is 405 g/mol. The van der Waals surface area contributed by atoms with Crippen molar-refractivity contribution in [2.24, 2.45) is 5.10 Å². The lowest BCUT2D eigenvalue weighted by atomic mass is 9.95. The number of para-hydroxylation sites is 1. The Bertz CT molecular complexity index is 1100. The summed E-state index contributed by atoms with van der Waals surface area (Å²) in [6, 6.07) is 13.8. The van der Waals surface area contributed by atoms with Crippen LogP contribution in [0.3, 0.4) is 0 Å². The maximum Gasteiger partial charge on any atom is 0.241 e. The number of nitrogens with zero attached hydrogens (tertiary/aromatic N) is 2. The molecule has 0 fully saturated rings. The Morgan fingerprint density at radius 3 is 2.72 bits per heavy atom. The van der Waals surface area contributed by atoms with Gasteiger partial charge in [0.05, 0.1) is 15.8 Å². The van der Waals surface area contributed by atoms with Crippen molar-refractivity contribution in [1.29, 1.82) is 0 Å². The molecule has 0 bridgehead atoms. The molecule has 0 saturated heterocycles. The molecule has 0 aliphatic heterocycles. The third-order valence-corrected chi connectivity index (χ3v) is 6.27. The summed E-state index contributed by atoms with van der Waals surface area (Å²) in [5.74, 6) is -0.105. The normalized spacial score (nSPS) is 14.1. The minimum absolute atomic E-state index is 0.105. The number of fused-ring (bicyclic) bond motifs is 3. The van der Waals surface area contributed by atoms with Crippen molar-refractivity contribution in [2.45, 2.75) is 45.6 Å². The molecule has 1 N–H and O–H groups in total. The van der Waals surface area contributed by atoms with Gasteiger partial charge < -0.3 is 4.57 Å². The number of carbonyl (C=O) groups excluding carboxylic acids is 1. The van der Waals surface area contributed by atoms with Gasteiger partial charge in [-0.15, -0.1) is 0 Å². The molecule has 1 amide bonds. The van der Waals surface area contributed by atoms with E-state index in [0.717, 1.165) is 18.4 Å². The van der Waals surface area contributed by atoms with Crippen LogP contribution in [0.5, 0.6) is 0 Å². The summed E-state index contributed by atoms with van der Waals surface area (Å²) in [6.07, 6.45) is 5.04.